The van der Waals surface area contributed by atoms with E-state index in [0.29, 0.717) is 16.3 Å². The van der Waals surface area contributed by atoms with Crippen LogP contribution in [0.3, 0.4) is 0 Å². The second kappa shape index (κ2) is 4.85. The molecule has 2 N–H and O–H groups in total. The summed E-state index contributed by atoms with van der Waals surface area (Å²) in [5.74, 6) is -0.0928. The highest BCUT2D eigenvalue weighted by Crippen LogP contribution is 2.27. The summed E-state index contributed by atoms with van der Waals surface area (Å²) in [7, 11) is 1.69. The van der Waals surface area contributed by atoms with Gasteiger partial charge in [0.2, 0.25) is 0 Å². The molecule has 0 aliphatic carbocycles. The standard InChI is InChI=1S/C11H10BrN3OS/c1-15(9-2-4-14-6-8(9)13)11(16)10-7(12)3-5-17-10/h2-6H,13H2,1H3. The van der Waals surface area contributed by atoms with Gasteiger partial charge in [-0.1, -0.05) is 0 Å². The fourth-order valence-electron chi connectivity index (χ4n) is 1.41. The molecule has 0 radical (unpaired) electrons. The van der Waals surface area contributed by atoms with Gasteiger partial charge in [0.05, 0.1) is 17.6 Å². The maximum Gasteiger partial charge on any atom is 0.269 e. The molecule has 2 heterocycles. The van der Waals surface area contributed by atoms with Gasteiger partial charge in [-0.25, -0.2) is 0 Å². The summed E-state index contributed by atoms with van der Waals surface area (Å²) in [6.07, 6.45) is 3.14. The summed E-state index contributed by atoms with van der Waals surface area (Å²) < 4.78 is 0.798. The number of aromatic nitrogens is 1. The third-order valence-electron chi connectivity index (χ3n) is 2.31. The van der Waals surface area contributed by atoms with Crippen LogP contribution in [0, 0.1) is 0 Å². The van der Waals surface area contributed by atoms with Gasteiger partial charge in [-0.15, -0.1) is 11.3 Å². The van der Waals surface area contributed by atoms with Crippen LogP contribution < -0.4 is 10.6 Å². The number of carbonyl (C=O) groups is 1. The molecule has 1 amide bonds. The van der Waals surface area contributed by atoms with Gasteiger partial charge in [0.25, 0.3) is 5.91 Å². The van der Waals surface area contributed by atoms with Crippen LogP contribution in [0.15, 0.2) is 34.4 Å². The van der Waals surface area contributed by atoms with Crippen molar-refractivity contribution < 1.29 is 4.79 Å². The maximum atomic E-state index is 12.2. The minimum Gasteiger partial charge on any atom is -0.396 e. The molecule has 4 nitrogen and oxygen atoms in total. The fraction of sp³-hybridized carbons (Fsp3) is 0.0909. The molecule has 0 aliphatic heterocycles. The first-order valence-electron chi connectivity index (χ1n) is 4.82. The van der Waals surface area contributed by atoms with E-state index in [4.69, 9.17) is 5.73 Å². The van der Waals surface area contributed by atoms with E-state index in [-0.39, 0.29) is 5.91 Å². The number of amides is 1. The third kappa shape index (κ3) is 2.32. The molecule has 0 bridgehead atoms. The summed E-state index contributed by atoms with van der Waals surface area (Å²) in [6.45, 7) is 0. The molecule has 2 rings (SSSR count). The average Bonchev–Trinajstić information content (AvgIpc) is 2.74. The molecular weight excluding hydrogens is 302 g/mol. The van der Waals surface area contributed by atoms with Crippen LogP contribution in [0.1, 0.15) is 9.67 Å². The molecule has 17 heavy (non-hydrogen) atoms. The Bertz CT molecular complexity index is 555. The summed E-state index contributed by atoms with van der Waals surface area (Å²) >= 11 is 4.74. The number of hydrogen-bond donors (Lipinski definition) is 1. The predicted octanol–water partition coefficient (Wildman–Crippen LogP) is 2.76. The maximum absolute atomic E-state index is 12.2. The van der Waals surface area contributed by atoms with Crippen molar-refractivity contribution in [1.29, 1.82) is 0 Å². The Hall–Kier alpha value is -1.40. The number of halogens is 1. The molecule has 0 saturated carbocycles. The molecule has 0 aliphatic rings. The fourth-order valence-corrected chi connectivity index (χ4v) is 2.93. The number of carbonyl (C=O) groups excluding carboxylic acids is 1. The Labute approximate surface area is 111 Å². The first-order valence-corrected chi connectivity index (χ1v) is 6.49. The van der Waals surface area contributed by atoms with Crippen molar-refractivity contribution in [2.45, 2.75) is 0 Å². The summed E-state index contributed by atoms with van der Waals surface area (Å²) in [6, 6.07) is 3.57. The first kappa shape index (κ1) is 12.1. The number of anilines is 2. The van der Waals surface area contributed by atoms with Crippen LogP contribution in [-0.4, -0.2) is 17.9 Å². The molecular formula is C11H10BrN3OS. The SMILES string of the molecule is CN(C(=O)c1sccc1Br)c1ccncc1N. The topological polar surface area (TPSA) is 59.2 Å². The quantitative estimate of drug-likeness (QED) is 0.927. The monoisotopic (exact) mass is 311 g/mol. The number of nitrogen functional groups attached to an aromatic ring is 1. The molecule has 2 aromatic heterocycles. The number of thiophene rings is 1. The zero-order valence-corrected chi connectivity index (χ0v) is 11.5. The number of nitrogens with two attached hydrogens (primary N) is 1. The van der Waals surface area contributed by atoms with E-state index in [2.05, 4.69) is 20.9 Å². The molecule has 2 aromatic rings. The predicted molar refractivity (Wildman–Crippen MR) is 73.4 cm³/mol. The highest BCUT2D eigenvalue weighted by atomic mass is 79.9. The van der Waals surface area contributed by atoms with Crippen LogP contribution in [-0.2, 0) is 0 Å². The van der Waals surface area contributed by atoms with Crippen molar-refractivity contribution in [3.63, 3.8) is 0 Å². The second-order valence-electron chi connectivity index (χ2n) is 3.40. The highest BCUT2D eigenvalue weighted by molar-refractivity contribution is 9.10. The van der Waals surface area contributed by atoms with E-state index < -0.39 is 0 Å². The molecule has 0 unspecified atom stereocenters. The van der Waals surface area contributed by atoms with Crippen molar-refractivity contribution in [1.82, 2.24) is 4.98 Å². The van der Waals surface area contributed by atoms with Gasteiger partial charge in [-0.2, -0.15) is 0 Å². The van der Waals surface area contributed by atoms with Gasteiger partial charge in [0.15, 0.2) is 0 Å². The van der Waals surface area contributed by atoms with E-state index in [1.54, 1.807) is 19.3 Å². The Balaban J connectivity index is 2.33. The van der Waals surface area contributed by atoms with Crippen LogP contribution in [0.2, 0.25) is 0 Å². The first-order chi connectivity index (χ1) is 8.11. The van der Waals surface area contributed by atoms with E-state index >= 15 is 0 Å². The normalized spacial score (nSPS) is 10.2. The lowest BCUT2D eigenvalue weighted by atomic mass is 10.3. The molecule has 6 heteroatoms. The number of rotatable bonds is 2. The van der Waals surface area contributed by atoms with Crippen LogP contribution in [0.25, 0.3) is 0 Å². The third-order valence-corrected chi connectivity index (χ3v) is 4.13. The van der Waals surface area contributed by atoms with Gasteiger partial charge < -0.3 is 10.6 Å². The lowest BCUT2D eigenvalue weighted by Crippen LogP contribution is -2.26. The van der Waals surface area contributed by atoms with Gasteiger partial charge in [-0.05, 0) is 33.4 Å². The van der Waals surface area contributed by atoms with Crippen molar-refractivity contribution in [2.24, 2.45) is 0 Å². The van der Waals surface area contributed by atoms with Crippen molar-refractivity contribution >= 4 is 44.5 Å². The Morgan fingerprint density at radius 2 is 2.29 bits per heavy atom. The molecule has 0 saturated heterocycles. The lowest BCUT2D eigenvalue weighted by Gasteiger charge is -2.18. The smallest absolute Gasteiger partial charge is 0.269 e. The summed E-state index contributed by atoms with van der Waals surface area (Å²) in [5.41, 5.74) is 6.93. The molecule has 0 fully saturated rings. The lowest BCUT2D eigenvalue weighted by molar-refractivity contribution is 0.0996. The summed E-state index contributed by atoms with van der Waals surface area (Å²) in [4.78, 5) is 18.3. The second-order valence-corrected chi connectivity index (χ2v) is 5.17. The zero-order chi connectivity index (χ0) is 12.4. The Morgan fingerprint density at radius 3 is 2.88 bits per heavy atom. The van der Waals surface area contributed by atoms with Crippen molar-refractivity contribution in [3.05, 3.63) is 39.3 Å². The highest BCUT2D eigenvalue weighted by Gasteiger charge is 2.18. The molecule has 0 spiro atoms. The molecule has 0 aromatic carbocycles. The number of nitrogens with zero attached hydrogens (tertiary/aromatic N) is 2. The number of pyridine rings is 1. The minimum atomic E-state index is -0.0928. The van der Waals surface area contributed by atoms with Crippen molar-refractivity contribution in [3.8, 4) is 0 Å². The van der Waals surface area contributed by atoms with Crippen LogP contribution in [0.5, 0.6) is 0 Å². The largest absolute Gasteiger partial charge is 0.396 e. The van der Waals surface area contributed by atoms with Crippen molar-refractivity contribution in [2.75, 3.05) is 17.7 Å². The van der Waals surface area contributed by atoms with E-state index in [9.17, 15) is 4.79 Å². The minimum absolute atomic E-state index is 0.0928. The Morgan fingerprint density at radius 1 is 1.53 bits per heavy atom. The van der Waals surface area contributed by atoms with Gasteiger partial charge in [-0.3, -0.25) is 9.78 Å². The number of hydrogen-bond acceptors (Lipinski definition) is 4. The van der Waals surface area contributed by atoms with Gasteiger partial charge in [0, 0.05) is 17.7 Å². The molecule has 88 valence electrons. The Kier molecular flexibility index (Phi) is 3.44. The summed E-state index contributed by atoms with van der Waals surface area (Å²) in [5, 5.41) is 1.86. The van der Waals surface area contributed by atoms with E-state index in [1.165, 1.54) is 22.4 Å². The molecule has 0 atom stereocenters. The van der Waals surface area contributed by atoms with Gasteiger partial charge >= 0.3 is 0 Å². The van der Waals surface area contributed by atoms with Crippen LogP contribution in [0.4, 0.5) is 11.4 Å². The average molecular weight is 312 g/mol. The van der Waals surface area contributed by atoms with Gasteiger partial charge in [0.1, 0.15) is 4.88 Å². The van der Waals surface area contributed by atoms with Crippen LogP contribution >= 0.6 is 27.3 Å². The zero-order valence-electron chi connectivity index (χ0n) is 9.05. The van der Waals surface area contributed by atoms with E-state index in [0.717, 1.165) is 4.47 Å². The van der Waals surface area contributed by atoms with E-state index in [1.807, 2.05) is 11.4 Å².